The lowest BCUT2D eigenvalue weighted by Crippen LogP contribution is -2.31. The predicted molar refractivity (Wildman–Crippen MR) is 82.2 cm³/mol. The van der Waals surface area contributed by atoms with Crippen LogP contribution in [0.25, 0.3) is 0 Å². The molecule has 1 aromatic rings. The molecule has 0 radical (unpaired) electrons. The highest BCUT2D eigenvalue weighted by Gasteiger charge is 2.25. The summed E-state index contributed by atoms with van der Waals surface area (Å²) in [4.78, 5) is 0. The Bertz CT molecular complexity index is 443. The van der Waals surface area contributed by atoms with E-state index < -0.39 is 0 Å². The second-order valence-electron chi connectivity index (χ2n) is 6.53. The van der Waals surface area contributed by atoms with Crippen LogP contribution < -0.4 is 10.1 Å². The average Bonchev–Trinajstić information content (AvgIpc) is 2.85. The van der Waals surface area contributed by atoms with E-state index in [2.05, 4.69) is 31.3 Å². The monoisotopic (exact) mass is 277 g/mol. The predicted octanol–water partition coefficient (Wildman–Crippen LogP) is 3.07. The van der Waals surface area contributed by atoms with Crippen LogP contribution in [0.2, 0.25) is 0 Å². The van der Waals surface area contributed by atoms with E-state index in [1.165, 1.54) is 17.5 Å². The number of aliphatic hydroxyl groups excluding tert-OH is 1. The molecule has 0 fully saturated rings. The zero-order valence-electron chi connectivity index (χ0n) is 12.9. The lowest BCUT2D eigenvalue weighted by atomic mass is 9.87. The molecular formula is C17H27NO2. The highest BCUT2D eigenvalue weighted by atomic mass is 16.5. The first-order valence-electron chi connectivity index (χ1n) is 7.57. The minimum Gasteiger partial charge on any atom is -0.497 e. The molecule has 20 heavy (non-hydrogen) atoms. The summed E-state index contributed by atoms with van der Waals surface area (Å²) in [5.74, 6) is 0.942. The third kappa shape index (κ3) is 3.74. The van der Waals surface area contributed by atoms with Gasteiger partial charge in [0.05, 0.1) is 7.11 Å². The van der Waals surface area contributed by atoms with Crippen LogP contribution in [0.15, 0.2) is 18.2 Å². The van der Waals surface area contributed by atoms with E-state index in [4.69, 9.17) is 9.84 Å². The molecular weight excluding hydrogens is 250 g/mol. The van der Waals surface area contributed by atoms with Gasteiger partial charge < -0.3 is 15.2 Å². The molecule has 1 aliphatic carbocycles. The number of benzene rings is 1. The number of nitrogens with one attached hydrogen (secondary N) is 1. The minimum absolute atomic E-state index is 0.227. The molecule has 0 bridgehead atoms. The highest BCUT2D eigenvalue weighted by Crippen LogP contribution is 2.34. The minimum atomic E-state index is 0.227. The smallest absolute Gasteiger partial charge is 0.119 e. The van der Waals surface area contributed by atoms with Gasteiger partial charge in [0.2, 0.25) is 0 Å². The van der Waals surface area contributed by atoms with Crippen molar-refractivity contribution in [2.75, 3.05) is 20.3 Å². The van der Waals surface area contributed by atoms with Crippen LogP contribution in [0.3, 0.4) is 0 Å². The van der Waals surface area contributed by atoms with Crippen LogP contribution in [0.5, 0.6) is 5.75 Å². The molecule has 0 saturated carbocycles. The van der Waals surface area contributed by atoms with Gasteiger partial charge in [-0.3, -0.25) is 0 Å². The fourth-order valence-electron chi connectivity index (χ4n) is 2.96. The fourth-order valence-corrected chi connectivity index (χ4v) is 2.96. The number of aryl methyl sites for hydroxylation is 1. The van der Waals surface area contributed by atoms with E-state index in [9.17, 15) is 0 Å². The average molecular weight is 277 g/mol. The molecule has 3 heteroatoms. The van der Waals surface area contributed by atoms with Crippen molar-refractivity contribution in [1.29, 1.82) is 0 Å². The lowest BCUT2D eigenvalue weighted by Gasteiger charge is -2.27. The van der Waals surface area contributed by atoms with Crippen molar-refractivity contribution in [3.05, 3.63) is 29.3 Å². The number of methoxy groups -OCH3 is 1. The lowest BCUT2D eigenvalue weighted by molar-refractivity contribution is 0.231. The third-order valence-electron chi connectivity index (χ3n) is 4.27. The molecule has 0 spiro atoms. The van der Waals surface area contributed by atoms with Gasteiger partial charge in [-0.2, -0.15) is 0 Å². The van der Waals surface area contributed by atoms with Crippen molar-refractivity contribution in [2.45, 2.75) is 45.6 Å². The molecule has 0 aromatic heterocycles. The van der Waals surface area contributed by atoms with Crippen molar-refractivity contribution in [3.63, 3.8) is 0 Å². The van der Waals surface area contributed by atoms with Gasteiger partial charge in [0, 0.05) is 19.2 Å². The van der Waals surface area contributed by atoms with Gasteiger partial charge in [-0.25, -0.2) is 0 Å². The van der Waals surface area contributed by atoms with Crippen LogP contribution in [0, 0.1) is 5.41 Å². The summed E-state index contributed by atoms with van der Waals surface area (Å²) in [7, 11) is 1.72. The first-order chi connectivity index (χ1) is 9.55. The van der Waals surface area contributed by atoms with E-state index in [1.54, 1.807) is 7.11 Å². The molecule has 1 unspecified atom stereocenters. The molecule has 112 valence electrons. The van der Waals surface area contributed by atoms with E-state index in [1.807, 2.05) is 6.07 Å². The second-order valence-corrected chi connectivity index (χ2v) is 6.53. The van der Waals surface area contributed by atoms with Gasteiger partial charge >= 0.3 is 0 Å². The second kappa shape index (κ2) is 6.59. The van der Waals surface area contributed by atoms with Crippen LogP contribution in [0.4, 0.5) is 0 Å². The molecule has 0 saturated heterocycles. The van der Waals surface area contributed by atoms with Crippen molar-refractivity contribution in [2.24, 2.45) is 5.41 Å². The normalized spacial score (nSPS) is 18.1. The maximum Gasteiger partial charge on any atom is 0.119 e. The summed E-state index contributed by atoms with van der Waals surface area (Å²) < 4.78 is 5.33. The Morgan fingerprint density at radius 3 is 2.90 bits per heavy atom. The molecule has 1 aliphatic rings. The molecule has 1 aromatic carbocycles. The van der Waals surface area contributed by atoms with Gasteiger partial charge in [0.25, 0.3) is 0 Å². The SMILES string of the molecule is COc1ccc2c(c1)C(NCC(C)(C)CCCO)CC2. The zero-order chi connectivity index (χ0) is 14.6. The molecule has 2 N–H and O–H groups in total. The summed E-state index contributed by atoms with van der Waals surface area (Å²) in [6.45, 7) is 5.79. The molecule has 0 heterocycles. The van der Waals surface area contributed by atoms with E-state index >= 15 is 0 Å². The largest absolute Gasteiger partial charge is 0.497 e. The Hall–Kier alpha value is -1.06. The maximum absolute atomic E-state index is 8.96. The molecule has 3 nitrogen and oxygen atoms in total. The van der Waals surface area contributed by atoms with Gasteiger partial charge in [0.1, 0.15) is 5.75 Å². The maximum atomic E-state index is 8.96. The Morgan fingerprint density at radius 1 is 1.40 bits per heavy atom. The topological polar surface area (TPSA) is 41.5 Å². The van der Waals surface area contributed by atoms with Crippen molar-refractivity contribution < 1.29 is 9.84 Å². The van der Waals surface area contributed by atoms with Gasteiger partial charge in [-0.05, 0) is 54.4 Å². The van der Waals surface area contributed by atoms with Crippen molar-refractivity contribution in [1.82, 2.24) is 5.32 Å². The third-order valence-corrected chi connectivity index (χ3v) is 4.27. The standard InChI is InChI=1S/C17H27NO2/c1-17(2,9-4-10-19)12-18-16-8-6-13-5-7-14(20-3)11-15(13)16/h5,7,11,16,18-19H,4,6,8-10,12H2,1-3H3. The summed E-state index contributed by atoms with van der Waals surface area (Å²) >= 11 is 0. The highest BCUT2D eigenvalue weighted by molar-refractivity contribution is 5.40. The van der Waals surface area contributed by atoms with Gasteiger partial charge in [-0.1, -0.05) is 19.9 Å². The quantitative estimate of drug-likeness (QED) is 0.805. The number of aliphatic hydroxyl groups is 1. The first kappa shape index (κ1) is 15.3. The first-order valence-corrected chi connectivity index (χ1v) is 7.57. The number of hydrogen-bond donors (Lipinski definition) is 2. The Kier molecular flexibility index (Phi) is 5.06. The van der Waals surface area contributed by atoms with Crippen LogP contribution in [0.1, 0.15) is 50.3 Å². The summed E-state index contributed by atoms with van der Waals surface area (Å²) in [6, 6.07) is 6.84. The van der Waals surface area contributed by atoms with Gasteiger partial charge in [-0.15, -0.1) is 0 Å². The zero-order valence-corrected chi connectivity index (χ0v) is 12.9. The van der Waals surface area contributed by atoms with E-state index in [0.29, 0.717) is 6.04 Å². The Morgan fingerprint density at radius 2 is 2.20 bits per heavy atom. The summed E-state index contributed by atoms with van der Waals surface area (Å²) in [6.07, 6.45) is 4.24. The number of fused-ring (bicyclic) bond motifs is 1. The molecule has 1 atom stereocenters. The Labute approximate surface area is 122 Å². The molecule has 0 amide bonds. The van der Waals surface area contributed by atoms with Crippen LogP contribution in [-0.4, -0.2) is 25.4 Å². The molecule has 2 rings (SSSR count). The molecule has 0 aliphatic heterocycles. The van der Waals surface area contributed by atoms with E-state index in [-0.39, 0.29) is 12.0 Å². The fraction of sp³-hybridized carbons (Fsp3) is 0.647. The number of ether oxygens (including phenoxy) is 1. The summed E-state index contributed by atoms with van der Waals surface area (Å²) in [5.41, 5.74) is 3.06. The van der Waals surface area contributed by atoms with Crippen LogP contribution >= 0.6 is 0 Å². The van der Waals surface area contributed by atoms with Gasteiger partial charge in [0.15, 0.2) is 0 Å². The Balaban J connectivity index is 1.96. The van der Waals surface area contributed by atoms with Crippen molar-refractivity contribution in [3.8, 4) is 5.75 Å². The van der Waals surface area contributed by atoms with Crippen LogP contribution in [-0.2, 0) is 6.42 Å². The summed E-state index contributed by atoms with van der Waals surface area (Å²) in [5, 5.41) is 12.7. The van der Waals surface area contributed by atoms with E-state index in [0.717, 1.165) is 31.6 Å². The number of hydrogen-bond acceptors (Lipinski definition) is 3. The number of rotatable bonds is 7. The van der Waals surface area contributed by atoms with Crippen molar-refractivity contribution >= 4 is 0 Å².